The molecular weight excluding hydrogens is 324 g/mol. The normalized spacial score (nSPS) is 16.5. The first-order chi connectivity index (χ1) is 12.0. The number of phenols is 1. The highest BCUT2D eigenvalue weighted by atomic mass is 16.3. The van der Waals surface area contributed by atoms with Crippen molar-refractivity contribution in [1.29, 1.82) is 0 Å². The zero-order chi connectivity index (χ0) is 18.0. The van der Waals surface area contributed by atoms with E-state index in [1.807, 2.05) is 6.92 Å². The minimum atomic E-state index is -0.651. The van der Waals surface area contributed by atoms with Gasteiger partial charge in [0.1, 0.15) is 11.3 Å². The van der Waals surface area contributed by atoms with Crippen molar-refractivity contribution >= 4 is 5.71 Å². The van der Waals surface area contributed by atoms with Crippen LogP contribution in [0, 0.1) is 0 Å². The van der Waals surface area contributed by atoms with Crippen molar-refractivity contribution in [3.63, 3.8) is 0 Å². The first-order valence-electron chi connectivity index (χ1n) is 8.18. The monoisotopic (exact) mass is 344 g/mol. The Hall–Kier alpha value is -3.03. The standard InChI is InChI=1S/C17H20N4O4/c1-2-3-8-21-16(24)14(15(23)18-17(21)25)13-9-12(19-20-13)10-4-6-11(22)7-5-10/h4-7,12,19,22,24H,2-3,8-9H2,1H3,(H,18,23,25)/t12-/m0/s1. The summed E-state index contributed by atoms with van der Waals surface area (Å²) in [6, 6.07) is 6.49. The maximum atomic E-state index is 12.2. The van der Waals surface area contributed by atoms with Crippen LogP contribution in [0.2, 0.25) is 0 Å². The van der Waals surface area contributed by atoms with Crippen LogP contribution in [0.15, 0.2) is 39.0 Å². The number of phenolic OH excluding ortho intramolecular Hbond substituents is 1. The SMILES string of the molecule is CCCCn1c(O)c(C2=NN[C@H](c3ccc(O)cc3)C2)c(=O)[nH]c1=O. The van der Waals surface area contributed by atoms with E-state index in [1.165, 1.54) is 0 Å². The fraction of sp³-hybridized carbons (Fsp3) is 0.353. The van der Waals surface area contributed by atoms with Gasteiger partial charge in [-0.1, -0.05) is 25.5 Å². The van der Waals surface area contributed by atoms with Gasteiger partial charge in [-0.3, -0.25) is 14.3 Å². The summed E-state index contributed by atoms with van der Waals surface area (Å²) >= 11 is 0. The lowest BCUT2D eigenvalue weighted by molar-refractivity contribution is 0.394. The predicted octanol–water partition coefficient (Wildman–Crippen LogP) is 1.19. The largest absolute Gasteiger partial charge is 0.508 e. The Morgan fingerprint density at radius 1 is 1.24 bits per heavy atom. The lowest BCUT2D eigenvalue weighted by Crippen LogP contribution is -2.33. The summed E-state index contributed by atoms with van der Waals surface area (Å²) in [4.78, 5) is 26.4. The van der Waals surface area contributed by atoms with Crippen molar-refractivity contribution in [3.8, 4) is 11.6 Å². The third-order valence-corrected chi connectivity index (χ3v) is 4.24. The van der Waals surface area contributed by atoms with Gasteiger partial charge in [-0.25, -0.2) is 4.79 Å². The van der Waals surface area contributed by atoms with E-state index in [2.05, 4.69) is 15.5 Å². The second kappa shape index (κ2) is 6.84. The lowest BCUT2D eigenvalue weighted by Gasteiger charge is -2.12. The number of H-pyrrole nitrogens is 1. The van der Waals surface area contributed by atoms with E-state index in [9.17, 15) is 19.8 Å². The molecule has 0 spiro atoms. The van der Waals surface area contributed by atoms with Gasteiger partial charge in [0, 0.05) is 13.0 Å². The summed E-state index contributed by atoms with van der Waals surface area (Å²) in [6.07, 6.45) is 1.94. The quantitative estimate of drug-likeness (QED) is 0.649. The molecule has 0 fully saturated rings. The summed E-state index contributed by atoms with van der Waals surface area (Å²) in [6.45, 7) is 2.30. The van der Waals surface area contributed by atoms with Crippen LogP contribution in [-0.4, -0.2) is 25.5 Å². The zero-order valence-corrected chi connectivity index (χ0v) is 13.8. The fourth-order valence-corrected chi connectivity index (χ4v) is 2.84. The van der Waals surface area contributed by atoms with Crippen molar-refractivity contribution in [2.24, 2.45) is 5.10 Å². The molecule has 0 saturated carbocycles. The van der Waals surface area contributed by atoms with E-state index in [4.69, 9.17) is 0 Å². The molecule has 0 radical (unpaired) electrons. The van der Waals surface area contributed by atoms with Gasteiger partial charge < -0.3 is 15.6 Å². The smallest absolute Gasteiger partial charge is 0.331 e. The van der Waals surface area contributed by atoms with Gasteiger partial charge in [-0.05, 0) is 24.1 Å². The third-order valence-electron chi connectivity index (χ3n) is 4.24. The molecule has 1 aromatic carbocycles. The highest BCUT2D eigenvalue weighted by Gasteiger charge is 2.27. The molecule has 8 heteroatoms. The number of rotatable bonds is 5. The molecule has 25 heavy (non-hydrogen) atoms. The number of nitrogens with one attached hydrogen (secondary N) is 2. The van der Waals surface area contributed by atoms with Crippen LogP contribution < -0.4 is 16.7 Å². The molecule has 0 unspecified atom stereocenters. The molecule has 1 aliphatic rings. The summed E-state index contributed by atoms with van der Waals surface area (Å²) in [7, 11) is 0. The first-order valence-corrected chi connectivity index (χ1v) is 8.18. The molecule has 1 aliphatic heterocycles. The number of hydrogen-bond acceptors (Lipinski definition) is 6. The van der Waals surface area contributed by atoms with E-state index in [-0.39, 0.29) is 23.2 Å². The van der Waals surface area contributed by atoms with Gasteiger partial charge in [0.05, 0.1) is 11.8 Å². The Balaban J connectivity index is 1.91. The van der Waals surface area contributed by atoms with Gasteiger partial charge in [0.15, 0.2) is 0 Å². The number of unbranched alkanes of at least 4 members (excludes halogenated alkanes) is 1. The van der Waals surface area contributed by atoms with Crippen molar-refractivity contribution in [3.05, 3.63) is 56.2 Å². The average Bonchev–Trinajstić information content (AvgIpc) is 3.04. The van der Waals surface area contributed by atoms with Gasteiger partial charge in [-0.2, -0.15) is 5.10 Å². The van der Waals surface area contributed by atoms with Crippen LogP contribution in [0.3, 0.4) is 0 Å². The Morgan fingerprint density at radius 3 is 2.64 bits per heavy atom. The van der Waals surface area contributed by atoms with Crippen molar-refractivity contribution in [2.75, 3.05) is 0 Å². The summed E-state index contributed by atoms with van der Waals surface area (Å²) in [5.41, 5.74) is 2.96. The molecule has 0 aliphatic carbocycles. The van der Waals surface area contributed by atoms with Gasteiger partial charge in [0.2, 0.25) is 5.88 Å². The topological polar surface area (TPSA) is 120 Å². The first kappa shape index (κ1) is 16.8. The average molecular weight is 344 g/mol. The summed E-state index contributed by atoms with van der Waals surface area (Å²) in [5, 5.41) is 24.0. The molecule has 1 aromatic heterocycles. The number of aromatic nitrogens is 2. The molecule has 132 valence electrons. The number of hydrazone groups is 1. The van der Waals surface area contributed by atoms with Crippen LogP contribution in [0.4, 0.5) is 0 Å². The van der Waals surface area contributed by atoms with Crippen LogP contribution in [0.5, 0.6) is 11.6 Å². The number of hydrogen-bond donors (Lipinski definition) is 4. The molecule has 0 saturated heterocycles. The number of aromatic hydroxyl groups is 2. The van der Waals surface area contributed by atoms with Gasteiger partial charge in [0.25, 0.3) is 5.56 Å². The molecular formula is C17H20N4O4. The molecule has 2 aromatic rings. The van der Waals surface area contributed by atoms with E-state index in [0.29, 0.717) is 25.1 Å². The molecule has 4 N–H and O–H groups in total. The molecule has 8 nitrogen and oxygen atoms in total. The Bertz CT molecular complexity index is 912. The van der Waals surface area contributed by atoms with Crippen LogP contribution in [0.25, 0.3) is 0 Å². The summed E-state index contributed by atoms with van der Waals surface area (Å²) < 4.78 is 1.16. The lowest BCUT2D eigenvalue weighted by atomic mass is 10.00. The Morgan fingerprint density at radius 2 is 1.96 bits per heavy atom. The Kier molecular flexibility index (Phi) is 4.60. The van der Waals surface area contributed by atoms with Crippen molar-refractivity contribution in [1.82, 2.24) is 15.0 Å². The molecule has 0 amide bonds. The van der Waals surface area contributed by atoms with E-state index in [0.717, 1.165) is 16.6 Å². The van der Waals surface area contributed by atoms with E-state index >= 15 is 0 Å². The second-order valence-electron chi connectivity index (χ2n) is 6.00. The molecule has 0 bridgehead atoms. The minimum Gasteiger partial charge on any atom is -0.508 e. The highest BCUT2D eigenvalue weighted by Crippen LogP contribution is 2.27. The highest BCUT2D eigenvalue weighted by molar-refractivity contribution is 6.03. The maximum absolute atomic E-state index is 12.2. The molecule has 1 atom stereocenters. The second-order valence-corrected chi connectivity index (χ2v) is 6.00. The Labute approximate surface area is 143 Å². The maximum Gasteiger partial charge on any atom is 0.331 e. The number of benzene rings is 1. The van der Waals surface area contributed by atoms with Crippen molar-refractivity contribution < 1.29 is 10.2 Å². The van der Waals surface area contributed by atoms with Gasteiger partial charge >= 0.3 is 5.69 Å². The predicted molar refractivity (Wildman–Crippen MR) is 93.0 cm³/mol. The zero-order valence-electron chi connectivity index (χ0n) is 13.8. The minimum absolute atomic E-state index is 0.0180. The van der Waals surface area contributed by atoms with Gasteiger partial charge in [-0.15, -0.1) is 0 Å². The fourth-order valence-electron chi connectivity index (χ4n) is 2.84. The summed E-state index contributed by atoms with van der Waals surface area (Å²) in [5.74, 6) is -0.186. The third kappa shape index (κ3) is 3.28. The van der Waals surface area contributed by atoms with Crippen molar-refractivity contribution in [2.45, 2.75) is 38.8 Å². The number of aromatic amines is 1. The molecule has 2 heterocycles. The molecule has 3 rings (SSSR count). The van der Waals surface area contributed by atoms with Crippen LogP contribution in [-0.2, 0) is 6.54 Å². The van der Waals surface area contributed by atoms with Crippen LogP contribution in [0.1, 0.15) is 43.4 Å². The van der Waals surface area contributed by atoms with E-state index < -0.39 is 11.2 Å². The number of nitrogens with zero attached hydrogens (tertiary/aromatic N) is 2. The van der Waals surface area contributed by atoms with E-state index in [1.54, 1.807) is 24.3 Å². The van der Waals surface area contributed by atoms with Crippen LogP contribution >= 0.6 is 0 Å².